The summed E-state index contributed by atoms with van der Waals surface area (Å²) in [5, 5.41) is 0. The SMILES string of the molecule is COc1ccc([C@@H](CC(C)=O)C(F)(S(=O)(=O)c2ccccc2)S(=O)(=O)c2ccccc2)cc1. The Bertz CT molecular complexity index is 1250. The predicted octanol–water partition coefficient (Wildman–Crippen LogP) is 4.33. The maximum Gasteiger partial charge on any atom is 0.324 e. The maximum atomic E-state index is 17.3. The summed E-state index contributed by atoms with van der Waals surface area (Å²) in [5.41, 5.74) is 0.0347. The summed E-state index contributed by atoms with van der Waals surface area (Å²) in [4.78, 5) is 11.1. The molecule has 0 saturated carbocycles. The molecule has 0 spiro atoms. The smallest absolute Gasteiger partial charge is 0.324 e. The van der Waals surface area contributed by atoms with Gasteiger partial charge in [-0.3, -0.25) is 0 Å². The number of hydrogen-bond donors (Lipinski definition) is 0. The molecule has 0 bridgehead atoms. The lowest BCUT2D eigenvalue weighted by atomic mass is 9.94. The number of alkyl halides is 1. The number of carbonyl (C=O) groups is 1. The van der Waals surface area contributed by atoms with Gasteiger partial charge in [-0.15, -0.1) is 0 Å². The van der Waals surface area contributed by atoms with Crippen LogP contribution in [0.4, 0.5) is 4.39 Å². The summed E-state index contributed by atoms with van der Waals surface area (Å²) in [6.45, 7) is 1.15. The van der Waals surface area contributed by atoms with Gasteiger partial charge in [0.2, 0.25) is 19.7 Å². The lowest BCUT2D eigenvalue weighted by Gasteiger charge is -2.33. The monoisotopic (exact) mass is 490 g/mol. The Morgan fingerprint density at radius 1 is 0.818 bits per heavy atom. The van der Waals surface area contributed by atoms with Crippen molar-refractivity contribution >= 4 is 25.5 Å². The molecule has 0 N–H and O–H groups in total. The summed E-state index contributed by atoms with van der Waals surface area (Å²) in [6, 6.07) is 18.7. The van der Waals surface area contributed by atoms with Crippen molar-refractivity contribution in [2.24, 2.45) is 0 Å². The van der Waals surface area contributed by atoms with Crippen LogP contribution in [0, 0.1) is 0 Å². The Balaban J connectivity index is 2.38. The Morgan fingerprint density at radius 3 is 1.61 bits per heavy atom. The molecule has 3 rings (SSSR count). The normalized spacial score (nSPS) is 13.3. The summed E-state index contributed by atoms with van der Waals surface area (Å²) >= 11 is 0. The van der Waals surface area contributed by atoms with Gasteiger partial charge >= 0.3 is 4.33 Å². The summed E-state index contributed by atoms with van der Waals surface area (Å²) in [7, 11) is -8.89. The van der Waals surface area contributed by atoms with Crippen LogP contribution in [-0.4, -0.2) is 34.1 Å². The third-order valence-electron chi connectivity index (χ3n) is 5.27. The van der Waals surface area contributed by atoms with E-state index in [1.807, 2.05) is 0 Å². The Morgan fingerprint density at radius 2 is 1.24 bits per heavy atom. The van der Waals surface area contributed by atoms with Gasteiger partial charge in [0.15, 0.2) is 0 Å². The van der Waals surface area contributed by atoms with Crippen LogP contribution in [0.2, 0.25) is 0 Å². The number of benzene rings is 3. The van der Waals surface area contributed by atoms with Crippen molar-refractivity contribution in [2.75, 3.05) is 7.11 Å². The highest BCUT2D eigenvalue weighted by Crippen LogP contribution is 2.48. The Kier molecular flexibility index (Phi) is 7.04. The molecule has 33 heavy (non-hydrogen) atoms. The van der Waals surface area contributed by atoms with Crippen LogP contribution in [0.5, 0.6) is 5.75 Å². The van der Waals surface area contributed by atoms with Crippen molar-refractivity contribution in [3.63, 3.8) is 0 Å². The van der Waals surface area contributed by atoms with Crippen LogP contribution < -0.4 is 4.74 Å². The van der Waals surface area contributed by atoms with Crippen molar-refractivity contribution in [1.82, 2.24) is 0 Å². The number of sulfone groups is 2. The van der Waals surface area contributed by atoms with Crippen LogP contribution in [0.3, 0.4) is 0 Å². The molecule has 0 aromatic heterocycles. The van der Waals surface area contributed by atoms with Gasteiger partial charge in [0.1, 0.15) is 11.5 Å². The molecule has 3 aromatic carbocycles. The number of carbonyl (C=O) groups excluding carboxylic acids is 1. The first-order valence-corrected chi connectivity index (χ1v) is 12.9. The topological polar surface area (TPSA) is 94.6 Å². The summed E-state index contributed by atoms with van der Waals surface area (Å²) < 4.78 is 73.3. The first kappa shape index (κ1) is 24.6. The van der Waals surface area contributed by atoms with Crippen molar-refractivity contribution in [3.05, 3.63) is 90.5 Å². The minimum absolute atomic E-state index is 0.0347. The summed E-state index contributed by atoms with van der Waals surface area (Å²) in [5.74, 6) is -2.00. The van der Waals surface area contributed by atoms with E-state index in [4.69, 9.17) is 4.74 Å². The number of ether oxygens (including phenoxy) is 1. The van der Waals surface area contributed by atoms with Gasteiger partial charge in [0.25, 0.3) is 0 Å². The molecule has 0 amide bonds. The van der Waals surface area contributed by atoms with Crippen LogP contribution in [0.25, 0.3) is 0 Å². The van der Waals surface area contributed by atoms with Crippen LogP contribution >= 0.6 is 0 Å². The zero-order valence-corrected chi connectivity index (χ0v) is 19.6. The molecule has 0 radical (unpaired) electrons. The van der Waals surface area contributed by atoms with Gasteiger partial charge in [-0.2, -0.15) is 0 Å². The molecular formula is C24H23FO6S2. The Labute approximate surface area is 192 Å². The zero-order valence-electron chi connectivity index (χ0n) is 18.0. The standard InChI is InChI=1S/C24H23FO6S2/c1-18(26)17-23(19-13-15-20(31-2)16-14-19)24(25,32(27,28)21-9-5-3-6-10-21)33(29,30)22-11-7-4-8-12-22/h3-16,23H,17H2,1-2H3/t23-/m1/s1. The fraction of sp³-hybridized carbons (Fsp3) is 0.208. The van der Waals surface area contributed by atoms with Crippen LogP contribution in [0.15, 0.2) is 94.7 Å². The van der Waals surface area contributed by atoms with Gasteiger partial charge in [-0.05, 0) is 48.9 Å². The molecule has 9 heteroatoms. The molecule has 0 aliphatic rings. The third kappa shape index (κ3) is 4.43. The van der Waals surface area contributed by atoms with E-state index in [0.717, 1.165) is 31.2 Å². The number of halogens is 1. The number of Topliss-reactive ketones (excluding diaryl/α,β-unsaturated/α-hetero) is 1. The molecular weight excluding hydrogens is 467 g/mol. The van der Waals surface area contributed by atoms with Gasteiger partial charge in [-0.25, -0.2) is 21.2 Å². The molecule has 0 heterocycles. The van der Waals surface area contributed by atoms with E-state index in [0.29, 0.717) is 5.75 Å². The number of rotatable bonds is 9. The minimum atomic E-state index is -5.15. The molecule has 0 fully saturated rings. The fourth-order valence-electron chi connectivity index (χ4n) is 3.60. The second-order valence-corrected chi connectivity index (χ2v) is 11.9. The highest BCUT2D eigenvalue weighted by atomic mass is 32.3. The molecule has 0 aliphatic heterocycles. The fourth-order valence-corrected chi connectivity index (χ4v) is 8.20. The van der Waals surface area contributed by atoms with Crippen molar-refractivity contribution in [1.29, 1.82) is 0 Å². The zero-order chi connectivity index (χ0) is 24.3. The molecule has 0 unspecified atom stereocenters. The van der Waals surface area contributed by atoms with E-state index in [1.54, 1.807) is 0 Å². The van der Waals surface area contributed by atoms with E-state index >= 15 is 4.39 Å². The third-order valence-corrected chi connectivity index (χ3v) is 10.4. The molecule has 0 aliphatic carbocycles. The average molecular weight is 491 g/mol. The molecule has 174 valence electrons. The number of methoxy groups -OCH3 is 1. The van der Waals surface area contributed by atoms with Gasteiger partial charge in [-0.1, -0.05) is 48.5 Å². The van der Waals surface area contributed by atoms with Crippen molar-refractivity contribution < 1.29 is 30.8 Å². The minimum Gasteiger partial charge on any atom is -0.497 e. The first-order chi connectivity index (χ1) is 15.6. The first-order valence-electron chi connectivity index (χ1n) is 9.97. The quantitative estimate of drug-likeness (QED) is 0.443. The van der Waals surface area contributed by atoms with Gasteiger partial charge < -0.3 is 9.53 Å². The maximum absolute atomic E-state index is 17.3. The second kappa shape index (κ2) is 9.44. The second-order valence-electron chi connectivity index (χ2n) is 7.45. The van der Waals surface area contributed by atoms with Crippen LogP contribution in [-0.2, 0) is 24.5 Å². The molecule has 0 saturated heterocycles. The number of ketones is 1. The van der Waals surface area contributed by atoms with Crippen molar-refractivity contribution in [3.8, 4) is 5.75 Å². The van der Waals surface area contributed by atoms with E-state index in [1.165, 1.54) is 67.8 Å². The highest BCUT2D eigenvalue weighted by Gasteiger charge is 2.63. The summed E-state index contributed by atoms with van der Waals surface area (Å²) in [6.07, 6.45) is -0.652. The predicted molar refractivity (Wildman–Crippen MR) is 122 cm³/mol. The largest absolute Gasteiger partial charge is 0.497 e. The van der Waals surface area contributed by atoms with Crippen LogP contribution in [0.1, 0.15) is 24.8 Å². The van der Waals surface area contributed by atoms with Gasteiger partial charge in [0, 0.05) is 6.42 Å². The Hall–Kier alpha value is -3.04. The lowest BCUT2D eigenvalue weighted by molar-refractivity contribution is -0.117. The average Bonchev–Trinajstić information content (AvgIpc) is 2.83. The van der Waals surface area contributed by atoms with E-state index in [-0.39, 0.29) is 5.56 Å². The highest BCUT2D eigenvalue weighted by molar-refractivity contribution is 8.10. The van der Waals surface area contributed by atoms with E-state index in [9.17, 15) is 21.6 Å². The lowest BCUT2D eigenvalue weighted by Crippen LogP contribution is -2.48. The van der Waals surface area contributed by atoms with E-state index < -0.39 is 51.9 Å². The number of hydrogen-bond acceptors (Lipinski definition) is 6. The van der Waals surface area contributed by atoms with E-state index in [2.05, 4.69) is 0 Å². The van der Waals surface area contributed by atoms with Crippen molar-refractivity contribution in [2.45, 2.75) is 33.4 Å². The van der Waals surface area contributed by atoms with Gasteiger partial charge in [0.05, 0.1) is 22.8 Å². The molecule has 6 nitrogen and oxygen atoms in total. The molecule has 3 aromatic rings. The molecule has 1 atom stereocenters.